The molecule has 0 saturated carbocycles. The highest BCUT2D eigenvalue weighted by atomic mass is 16.5. The summed E-state index contributed by atoms with van der Waals surface area (Å²) in [6.07, 6.45) is 1.54. The molecule has 1 aromatic carbocycles. The molecule has 0 spiro atoms. The van der Waals surface area contributed by atoms with Crippen molar-refractivity contribution in [2.24, 2.45) is 0 Å². The van der Waals surface area contributed by atoms with Crippen molar-refractivity contribution in [2.45, 2.75) is 41.2 Å². The Morgan fingerprint density at radius 1 is 1.04 bits per heavy atom. The van der Waals surface area contributed by atoms with E-state index >= 15 is 0 Å². The number of aromatic amines is 1. The molecule has 6 nitrogen and oxygen atoms in total. The quantitative estimate of drug-likeness (QED) is 0.765. The first kappa shape index (κ1) is 18.4. The molecule has 0 radical (unpaired) electrons. The number of H-pyrrole nitrogens is 1. The summed E-state index contributed by atoms with van der Waals surface area (Å²) in [5.41, 5.74) is 9.06. The Hall–Kier alpha value is -2.63. The zero-order chi connectivity index (χ0) is 17.2. The molecule has 0 unspecified atom stereocenters. The Balaban J connectivity index is 0.000000615. The number of nitrogens with one attached hydrogen (secondary N) is 1. The number of rotatable bonds is 3. The molecule has 0 aliphatic heterocycles. The maximum atomic E-state index is 5.68. The molecule has 3 N–H and O–H groups in total. The predicted octanol–water partition coefficient (Wildman–Crippen LogP) is 3.87. The third-order valence-corrected chi connectivity index (χ3v) is 2.77. The molecule has 0 atom stereocenters. The van der Waals surface area contributed by atoms with Crippen LogP contribution in [0.25, 0.3) is 11.2 Å². The molecule has 124 valence electrons. The van der Waals surface area contributed by atoms with Crippen molar-refractivity contribution in [1.29, 1.82) is 0 Å². The highest BCUT2D eigenvalue weighted by molar-refractivity contribution is 5.76. The summed E-state index contributed by atoms with van der Waals surface area (Å²) in [7, 11) is 0. The average molecular weight is 315 g/mol. The molecule has 2 heterocycles. The number of benzene rings is 1. The van der Waals surface area contributed by atoms with E-state index in [1.807, 2.05) is 58.9 Å². The second-order valence-electron chi connectivity index (χ2n) is 4.26. The van der Waals surface area contributed by atoms with Crippen molar-refractivity contribution in [3.05, 3.63) is 41.7 Å². The van der Waals surface area contributed by atoms with E-state index in [-0.39, 0.29) is 5.95 Å². The molecular formula is C17H25N5O. The van der Waals surface area contributed by atoms with Gasteiger partial charge < -0.3 is 15.5 Å². The maximum Gasteiger partial charge on any atom is 0.245 e. The minimum absolute atomic E-state index is 0.151. The van der Waals surface area contributed by atoms with Crippen molar-refractivity contribution in [3.8, 4) is 5.88 Å². The lowest BCUT2D eigenvalue weighted by Crippen LogP contribution is -2.02. The van der Waals surface area contributed by atoms with Crippen LogP contribution in [0.3, 0.4) is 0 Å². The first-order valence-electron chi connectivity index (χ1n) is 7.87. The van der Waals surface area contributed by atoms with Crippen LogP contribution < -0.4 is 10.5 Å². The SMILES string of the molecule is CC.CC.Cc1ccc(COc2nc(N)nc3nc[nH]c23)cc1. The summed E-state index contributed by atoms with van der Waals surface area (Å²) >= 11 is 0. The van der Waals surface area contributed by atoms with E-state index in [1.54, 1.807) is 0 Å². The number of nitrogen functional groups attached to an aromatic ring is 1. The van der Waals surface area contributed by atoms with Gasteiger partial charge in [-0.05, 0) is 12.5 Å². The summed E-state index contributed by atoms with van der Waals surface area (Å²) in [4.78, 5) is 15.1. The minimum Gasteiger partial charge on any atom is -0.471 e. The van der Waals surface area contributed by atoms with Gasteiger partial charge in [-0.2, -0.15) is 9.97 Å². The van der Waals surface area contributed by atoms with Crippen LogP contribution in [0.15, 0.2) is 30.6 Å². The number of aromatic nitrogens is 4. The van der Waals surface area contributed by atoms with E-state index in [0.29, 0.717) is 23.7 Å². The van der Waals surface area contributed by atoms with Gasteiger partial charge in [0.1, 0.15) is 12.1 Å². The molecule has 6 heteroatoms. The molecule has 0 aliphatic rings. The monoisotopic (exact) mass is 315 g/mol. The summed E-state index contributed by atoms with van der Waals surface area (Å²) in [5, 5.41) is 0. The van der Waals surface area contributed by atoms with Crippen molar-refractivity contribution < 1.29 is 4.74 Å². The number of ether oxygens (including phenoxy) is 1. The number of anilines is 1. The third kappa shape index (κ3) is 4.95. The lowest BCUT2D eigenvalue weighted by atomic mass is 10.2. The van der Waals surface area contributed by atoms with Gasteiger partial charge in [-0.3, -0.25) is 0 Å². The van der Waals surface area contributed by atoms with Crippen LogP contribution in [0.5, 0.6) is 5.88 Å². The zero-order valence-electron chi connectivity index (χ0n) is 14.4. The third-order valence-electron chi connectivity index (χ3n) is 2.77. The zero-order valence-corrected chi connectivity index (χ0v) is 14.4. The number of nitrogens with zero attached hydrogens (tertiary/aromatic N) is 3. The Labute approximate surface area is 137 Å². The van der Waals surface area contributed by atoms with Crippen LogP contribution in [0.1, 0.15) is 38.8 Å². The van der Waals surface area contributed by atoms with E-state index in [1.165, 1.54) is 11.9 Å². The van der Waals surface area contributed by atoms with Gasteiger partial charge in [-0.15, -0.1) is 0 Å². The number of imidazole rings is 1. The van der Waals surface area contributed by atoms with Crippen LogP contribution in [0, 0.1) is 6.92 Å². The summed E-state index contributed by atoms with van der Waals surface area (Å²) < 4.78 is 5.68. The maximum absolute atomic E-state index is 5.68. The Kier molecular flexibility index (Phi) is 7.53. The standard InChI is InChI=1S/C13H13N5O.2C2H6/c1-8-2-4-9(5-3-8)6-19-12-10-11(16-7-15-10)17-13(14)18-12;2*1-2/h2-5,7H,6H2,1H3,(H3,14,15,16,17,18);2*1-2H3. The van der Waals surface area contributed by atoms with Crippen molar-refractivity contribution in [1.82, 2.24) is 19.9 Å². The summed E-state index contributed by atoms with van der Waals surface area (Å²) in [6, 6.07) is 8.12. The Bertz CT molecular complexity index is 707. The lowest BCUT2D eigenvalue weighted by molar-refractivity contribution is 0.297. The molecule has 0 aliphatic carbocycles. The molecule has 0 saturated heterocycles. The topological polar surface area (TPSA) is 89.7 Å². The van der Waals surface area contributed by atoms with Crippen LogP contribution >= 0.6 is 0 Å². The minimum atomic E-state index is 0.151. The van der Waals surface area contributed by atoms with Crippen molar-refractivity contribution >= 4 is 17.1 Å². The van der Waals surface area contributed by atoms with Gasteiger partial charge in [0.2, 0.25) is 11.8 Å². The van der Waals surface area contributed by atoms with Crippen LogP contribution in [0.2, 0.25) is 0 Å². The van der Waals surface area contributed by atoms with E-state index in [2.05, 4.69) is 19.9 Å². The predicted molar refractivity (Wildman–Crippen MR) is 94.3 cm³/mol. The highest BCUT2D eigenvalue weighted by Crippen LogP contribution is 2.20. The largest absolute Gasteiger partial charge is 0.471 e. The second kappa shape index (κ2) is 9.40. The molecule has 0 bridgehead atoms. The fourth-order valence-corrected chi connectivity index (χ4v) is 1.76. The lowest BCUT2D eigenvalue weighted by Gasteiger charge is -2.06. The van der Waals surface area contributed by atoms with Gasteiger partial charge in [0.25, 0.3) is 0 Å². The second-order valence-corrected chi connectivity index (χ2v) is 4.26. The molecule has 0 fully saturated rings. The normalized spacial score (nSPS) is 9.43. The molecule has 2 aromatic heterocycles. The van der Waals surface area contributed by atoms with Crippen LogP contribution in [-0.2, 0) is 6.61 Å². The first-order chi connectivity index (χ1) is 11.2. The smallest absolute Gasteiger partial charge is 0.245 e. The number of fused-ring (bicyclic) bond motifs is 1. The fourth-order valence-electron chi connectivity index (χ4n) is 1.76. The molecule has 3 aromatic rings. The first-order valence-corrected chi connectivity index (χ1v) is 7.87. The molecular weight excluding hydrogens is 290 g/mol. The van der Waals surface area contributed by atoms with Gasteiger partial charge >= 0.3 is 0 Å². The van der Waals surface area contributed by atoms with E-state index in [9.17, 15) is 0 Å². The van der Waals surface area contributed by atoms with Gasteiger partial charge in [0.05, 0.1) is 6.33 Å². The van der Waals surface area contributed by atoms with E-state index < -0.39 is 0 Å². The average Bonchev–Trinajstić information content (AvgIpc) is 3.06. The summed E-state index contributed by atoms with van der Waals surface area (Å²) in [6.45, 7) is 10.5. The van der Waals surface area contributed by atoms with Gasteiger partial charge in [-0.25, -0.2) is 4.98 Å². The number of nitrogens with two attached hydrogens (primary N) is 1. The van der Waals surface area contributed by atoms with Crippen molar-refractivity contribution in [3.63, 3.8) is 0 Å². The Morgan fingerprint density at radius 2 is 1.70 bits per heavy atom. The summed E-state index contributed by atoms with van der Waals surface area (Å²) in [5.74, 6) is 0.569. The molecule has 23 heavy (non-hydrogen) atoms. The van der Waals surface area contributed by atoms with Crippen LogP contribution in [0.4, 0.5) is 5.95 Å². The number of hydrogen-bond donors (Lipinski definition) is 2. The van der Waals surface area contributed by atoms with Gasteiger partial charge in [0, 0.05) is 0 Å². The van der Waals surface area contributed by atoms with Gasteiger partial charge in [-0.1, -0.05) is 57.5 Å². The van der Waals surface area contributed by atoms with E-state index in [4.69, 9.17) is 10.5 Å². The van der Waals surface area contributed by atoms with Crippen LogP contribution in [-0.4, -0.2) is 19.9 Å². The number of aryl methyl sites for hydroxylation is 1. The Morgan fingerprint density at radius 3 is 2.35 bits per heavy atom. The van der Waals surface area contributed by atoms with E-state index in [0.717, 1.165) is 5.56 Å². The highest BCUT2D eigenvalue weighted by Gasteiger charge is 2.09. The van der Waals surface area contributed by atoms with Gasteiger partial charge in [0.15, 0.2) is 5.65 Å². The number of hydrogen-bond acceptors (Lipinski definition) is 5. The molecule has 3 rings (SSSR count). The molecule has 0 amide bonds. The van der Waals surface area contributed by atoms with Crippen molar-refractivity contribution in [2.75, 3.05) is 5.73 Å². The fraction of sp³-hybridized carbons (Fsp3) is 0.353.